The molecule has 21 heavy (non-hydrogen) atoms. The Kier molecular flexibility index (Phi) is 4.80. The largest absolute Gasteiger partial charge is 0.311 e. The highest BCUT2D eigenvalue weighted by Crippen LogP contribution is 2.31. The number of hydrogen-bond acceptors (Lipinski definition) is 4. The summed E-state index contributed by atoms with van der Waals surface area (Å²) in [5.74, 6) is 0. The summed E-state index contributed by atoms with van der Waals surface area (Å²) in [5, 5.41) is 6.72. The van der Waals surface area contributed by atoms with E-state index >= 15 is 0 Å². The van der Waals surface area contributed by atoms with Crippen LogP contribution in [0.25, 0.3) is 10.4 Å². The zero-order valence-electron chi connectivity index (χ0n) is 12.0. The van der Waals surface area contributed by atoms with Crippen molar-refractivity contribution < 1.29 is 0 Å². The maximum atomic E-state index is 4.86. The zero-order chi connectivity index (χ0) is 14.5. The smallest absolute Gasteiger partial charge is 0.0987 e. The summed E-state index contributed by atoms with van der Waals surface area (Å²) < 4.78 is 0. The molecule has 3 rings (SSSR count). The van der Waals surface area contributed by atoms with Crippen molar-refractivity contribution in [1.82, 2.24) is 10.3 Å². The fraction of sp³-hybridized carbons (Fsp3) is 0.235. The zero-order valence-corrected chi connectivity index (χ0v) is 13.6. The average Bonchev–Trinajstić information content (AvgIpc) is 3.16. The molecule has 0 aliphatic carbocycles. The maximum absolute atomic E-state index is 4.86. The molecule has 0 spiro atoms. The molecule has 0 aliphatic rings. The summed E-state index contributed by atoms with van der Waals surface area (Å²) in [6.45, 7) is 3.93. The molecule has 2 aromatic heterocycles. The first kappa shape index (κ1) is 14.4. The van der Waals surface area contributed by atoms with Crippen molar-refractivity contribution in [3.63, 3.8) is 0 Å². The summed E-state index contributed by atoms with van der Waals surface area (Å²) in [6, 6.07) is 14.8. The number of hydrogen-bond donors (Lipinski definition) is 1. The predicted octanol–water partition coefficient (Wildman–Crippen LogP) is 4.57. The van der Waals surface area contributed by atoms with Gasteiger partial charge in [0.15, 0.2) is 0 Å². The van der Waals surface area contributed by atoms with E-state index in [1.54, 1.807) is 11.3 Å². The Morgan fingerprint density at radius 1 is 1.10 bits per heavy atom. The molecule has 0 unspecified atom stereocenters. The highest BCUT2D eigenvalue weighted by Gasteiger charge is 2.13. The first-order valence-electron chi connectivity index (χ1n) is 7.14. The van der Waals surface area contributed by atoms with Gasteiger partial charge in [-0.3, -0.25) is 0 Å². The molecule has 3 aromatic rings. The standard InChI is InChI=1S/C17H18N2S2/c1-2-18-12-15-17(13-7-4-3-5-8-13)21-16(19-15)11-14-9-6-10-20-14/h3-10,18H,2,11-12H2,1H3. The van der Waals surface area contributed by atoms with Gasteiger partial charge in [0.1, 0.15) is 0 Å². The lowest BCUT2D eigenvalue weighted by molar-refractivity contribution is 0.713. The second-order valence-corrected chi connectivity index (χ2v) is 6.90. The van der Waals surface area contributed by atoms with Crippen LogP contribution in [0.3, 0.4) is 0 Å². The van der Waals surface area contributed by atoms with Crippen LogP contribution in [0.2, 0.25) is 0 Å². The van der Waals surface area contributed by atoms with Crippen LogP contribution in [-0.2, 0) is 13.0 Å². The van der Waals surface area contributed by atoms with Gasteiger partial charge >= 0.3 is 0 Å². The van der Waals surface area contributed by atoms with Crippen molar-refractivity contribution >= 4 is 22.7 Å². The number of thiophene rings is 1. The van der Waals surface area contributed by atoms with Crippen molar-refractivity contribution in [2.75, 3.05) is 6.54 Å². The van der Waals surface area contributed by atoms with Crippen LogP contribution in [0, 0.1) is 0 Å². The van der Waals surface area contributed by atoms with Crippen molar-refractivity contribution in [3.8, 4) is 10.4 Å². The summed E-state index contributed by atoms with van der Waals surface area (Å²) >= 11 is 3.61. The minimum atomic E-state index is 0.835. The normalized spacial score (nSPS) is 10.9. The number of nitrogens with zero attached hydrogens (tertiary/aromatic N) is 1. The van der Waals surface area contributed by atoms with Gasteiger partial charge in [-0.05, 0) is 23.6 Å². The van der Waals surface area contributed by atoms with Crippen molar-refractivity contribution in [1.29, 1.82) is 0 Å². The Morgan fingerprint density at radius 2 is 1.95 bits per heavy atom. The minimum Gasteiger partial charge on any atom is -0.311 e. The Morgan fingerprint density at radius 3 is 2.67 bits per heavy atom. The van der Waals surface area contributed by atoms with Crippen LogP contribution < -0.4 is 5.32 Å². The molecule has 0 aliphatic heterocycles. The van der Waals surface area contributed by atoms with E-state index in [4.69, 9.17) is 4.98 Å². The van der Waals surface area contributed by atoms with Crippen LogP contribution in [-0.4, -0.2) is 11.5 Å². The molecule has 1 N–H and O–H groups in total. The van der Waals surface area contributed by atoms with Gasteiger partial charge in [-0.2, -0.15) is 0 Å². The van der Waals surface area contributed by atoms with Crippen molar-refractivity contribution in [3.05, 3.63) is 63.4 Å². The molecule has 2 heterocycles. The number of thiazole rings is 1. The molecular formula is C17H18N2S2. The molecule has 0 atom stereocenters. The van der Waals surface area contributed by atoms with Gasteiger partial charge in [-0.1, -0.05) is 43.3 Å². The third kappa shape index (κ3) is 3.59. The second kappa shape index (κ2) is 6.98. The highest BCUT2D eigenvalue weighted by atomic mass is 32.1. The average molecular weight is 314 g/mol. The summed E-state index contributed by atoms with van der Waals surface area (Å²) in [7, 11) is 0. The Bertz CT molecular complexity index is 672. The minimum absolute atomic E-state index is 0.835. The lowest BCUT2D eigenvalue weighted by atomic mass is 10.1. The maximum Gasteiger partial charge on any atom is 0.0987 e. The van der Waals surface area contributed by atoms with Gasteiger partial charge in [0, 0.05) is 17.8 Å². The number of aromatic nitrogens is 1. The van der Waals surface area contributed by atoms with Gasteiger partial charge in [0.2, 0.25) is 0 Å². The van der Waals surface area contributed by atoms with Crippen LogP contribution in [0.5, 0.6) is 0 Å². The molecule has 0 amide bonds. The molecule has 4 heteroatoms. The third-order valence-corrected chi connectivity index (χ3v) is 5.25. The van der Waals surface area contributed by atoms with E-state index in [0.29, 0.717) is 0 Å². The monoisotopic (exact) mass is 314 g/mol. The number of benzene rings is 1. The molecular weight excluding hydrogens is 296 g/mol. The van der Waals surface area contributed by atoms with Gasteiger partial charge in [-0.25, -0.2) is 4.98 Å². The number of nitrogens with one attached hydrogen (secondary N) is 1. The van der Waals surface area contributed by atoms with Gasteiger partial charge in [0.25, 0.3) is 0 Å². The van der Waals surface area contributed by atoms with Crippen molar-refractivity contribution in [2.45, 2.75) is 19.9 Å². The lowest BCUT2D eigenvalue weighted by Crippen LogP contribution is -2.12. The summed E-state index contributed by atoms with van der Waals surface area (Å²) in [5.41, 5.74) is 2.43. The molecule has 108 valence electrons. The first-order valence-corrected chi connectivity index (χ1v) is 8.83. The molecule has 0 saturated heterocycles. The quantitative estimate of drug-likeness (QED) is 0.721. The number of rotatable bonds is 6. The summed E-state index contributed by atoms with van der Waals surface area (Å²) in [6.07, 6.45) is 0.939. The van der Waals surface area contributed by atoms with E-state index in [0.717, 1.165) is 19.5 Å². The van der Waals surface area contributed by atoms with Crippen LogP contribution in [0.4, 0.5) is 0 Å². The third-order valence-electron chi connectivity index (χ3n) is 3.23. The van der Waals surface area contributed by atoms with E-state index in [9.17, 15) is 0 Å². The fourth-order valence-electron chi connectivity index (χ4n) is 2.22. The molecule has 0 bridgehead atoms. The van der Waals surface area contributed by atoms with Gasteiger partial charge in [-0.15, -0.1) is 22.7 Å². The Balaban J connectivity index is 1.91. The Hall–Kier alpha value is -1.49. The van der Waals surface area contributed by atoms with E-state index in [2.05, 4.69) is 60.1 Å². The molecule has 0 saturated carbocycles. The molecule has 0 radical (unpaired) electrons. The molecule has 2 nitrogen and oxygen atoms in total. The van der Waals surface area contributed by atoms with Gasteiger partial charge in [0.05, 0.1) is 15.6 Å². The van der Waals surface area contributed by atoms with E-state index in [-0.39, 0.29) is 0 Å². The van der Waals surface area contributed by atoms with Crippen molar-refractivity contribution in [2.24, 2.45) is 0 Å². The predicted molar refractivity (Wildman–Crippen MR) is 92.1 cm³/mol. The molecule has 0 fully saturated rings. The van der Waals surface area contributed by atoms with Crippen LogP contribution >= 0.6 is 22.7 Å². The topological polar surface area (TPSA) is 24.9 Å². The highest BCUT2D eigenvalue weighted by molar-refractivity contribution is 7.15. The Labute approximate surface area is 133 Å². The lowest BCUT2D eigenvalue weighted by Gasteiger charge is -2.02. The van der Waals surface area contributed by atoms with E-state index < -0.39 is 0 Å². The summed E-state index contributed by atoms with van der Waals surface area (Å²) in [4.78, 5) is 7.53. The van der Waals surface area contributed by atoms with Crippen LogP contribution in [0.1, 0.15) is 22.5 Å². The SMILES string of the molecule is CCNCc1nc(Cc2cccs2)sc1-c1ccccc1. The fourth-order valence-corrected chi connectivity index (χ4v) is 4.13. The first-order chi connectivity index (χ1) is 10.4. The van der Waals surface area contributed by atoms with E-state index in [1.165, 1.54) is 26.0 Å². The van der Waals surface area contributed by atoms with E-state index in [1.807, 2.05) is 11.3 Å². The second-order valence-electron chi connectivity index (χ2n) is 4.79. The molecule has 1 aromatic carbocycles. The van der Waals surface area contributed by atoms with Crippen LogP contribution in [0.15, 0.2) is 47.8 Å². The van der Waals surface area contributed by atoms with Gasteiger partial charge < -0.3 is 5.32 Å².